The standard InChI is InChI=1S/C18H29FN2/c1-6-12(2)18-11-21(14(4)10-20-18)15(5)16-8-7-13(3)17(19)9-16/h7-9,12,14-15,18,20H,6,10-11H2,1-5H3. The number of nitrogens with one attached hydrogen (secondary N) is 1. The van der Waals surface area contributed by atoms with Crippen molar-refractivity contribution in [3.8, 4) is 0 Å². The Morgan fingerprint density at radius 3 is 2.71 bits per heavy atom. The summed E-state index contributed by atoms with van der Waals surface area (Å²) in [7, 11) is 0. The van der Waals surface area contributed by atoms with Crippen LogP contribution in [0, 0.1) is 18.7 Å². The second kappa shape index (κ2) is 6.89. The van der Waals surface area contributed by atoms with Crippen molar-refractivity contribution in [2.45, 2.75) is 59.2 Å². The van der Waals surface area contributed by atoms with E-state index in [0.29, 0.717) is 18.0 Å². The minimum Gasteiger partial charge on any atom is -0.311 e. The molecule has 1 aliphatic rings. The number of benzene rings is 1. The number of aryl methyl sites for hydroxylation is 1. The van der Waals surface area contributed by atoms with Crippen LogP contribution >= 0.6 is 0 Å². The first kappa shape index (κ1) is 16.4. The van der Waals surface area contributed by atoms with Crippen LogP contribution in [0.3, 0.4) is 0 Å². The van der Waals surface area contributed by atoms with E-state index in [2.05, 4.69) is 44.0 Å². The Morgan fingerprint density at radius 1 is 1.38 bits per heavy atom. The molecule has 1 aromatic rings. The highest BCUT2D eigenvalue weighted by molar-refractivity contribution is 5.25. The van der Waals surface area contributed by atoms with Crippen molar-refractivity contribution < 1.29 is 4.39 Å². The molecule has 118 valence electrons. The number of hydrogen-bond acceptors (Lipinski definition) is 2. The monoisotopic (exact) mass is 292 g/mol. The number of hydrogen-bond donors (Lipinski definition) is 1. The molecule has 4 unspecified atom stereocenters. The molecule has 0 bridgehead atoms. The molecule has 1 aliphatic heterocycles. The molecule has 4 atom stereocenters. The molecule has 1 heterocycles. The van der Waals surface area contributed by atoms with Gasteiger partial charge in [0.15, 0.2) is 0 Å². The van der Waals surface area contributed by atoms with Gasteiger partial charge < -0.3 is 5.32 Å². The summed E-state index contributed by atoms with van der Waals surface area (Å²) in [6.07, 6.45) is 1.19. The quantitative estimate of drug-likeness (QED) is 0.905. The fraction of sp³-hybridized carbons (Fsp3) is 0.667. The lowest BCUT2D eigenvalue weighted by Gasteiger charge is -2.44. The molecule has 0 aromatic heterocycles. The fourth-order valence-electron chi connectivity index (χ4n) is 3.18. The molecule has 0 radical (unpaired) electrons. The molecule has 1 fully saturated rings. The van der Waals surface area contributed by atoms with Gasteiger partial charge in [-0.1, -0.05) is 32.4 Å². The summed E-state index contributed by atoms with van der Waals surface area (Å²) in [6, 6.07) is 6.92. The summed E-state index contributed by atoms with van der Waals surface area (Å²) in [4.78, 5) is 2.51. The van der Waals surface area contributed by atoms with Gasteiger partial charge in [-0.15, -0.1) is 0 Å². The van der Waals surface area contributed by atoms with Gasteiger partial charge in [0, 0.05) is 31.2 Å². The van der Waals surface area contributed by atoms with Crippen LogP contribution in [0.1, 0.15) is 51.3 Å². The van der Waals surface area contributed by atoms with Gasteiger partial charge in [-0.3, -0.25) is 4.90 Å². The predicted octanol–water partition coefficient (Wildman–Crippen LogP) is 3.90. The zero-order chi connectivity index (χ0) is 15.6. The third kappa shape index (κ3) is 3.64. The van der Waals surface area contributed by atoms with Crippen molar-refractivity contribution in [1.82, 2.24) is 10.2 Å². The maximum Gasteiger partial charge on any atom is 0.126 e. The Labute approximate surface area is 128 Å². The van der Waals surface area contributed by atoms with E-state index >= 15 is 0 Å². The van der Waals surface area contributed by atoms with Crippen LogP contribution < -0.4 is 5.32 Å². The van der Waals surface area contributed by atoms with Crippen molar-refractivity contribution in [1.29, 1.82) is 0 Å². The van der Waals surface area contributed by atoms with Gasteiger partial charge in [0.2, 0.25) is 0 Å². The van der Waals surface area contributed by atoms with Crippen LogP contribution in [-0.4, -0.2) is 30.1 Å². The number of nitrogens with zero attached hydrogens (tertiary/aromatic N) is 1. The molecule has 3 heteroatoms. The summed E-state index contributed by atoms with van der Waals surface area (Å²) in [6.45, 7) is 12.9. The maximum absolute atomic E-state index is 13.8. The molecule has 1 saturated heterocycles. The molecule has 21 heavy (non-hydrogen) atoms. The molecule has 0 saturated carbocycles. The highest BCUT2D eigenvalue weighted by Gasteiger charge is 2.31. The summed E-state index contributed by atoms with van der Waals surface area (Å²) >= 11 is 0. The van der Waals surface area contributed by atoms with E-state index in [9.17, 15) is 4.39 Å². The summed E-state index contributed by atoms with van der Waals surface area (Å²) in [5.41, 5.74) is 1.80. The van der Waals surface area contributed by atoms with Crippen molar-refractivity contribution >= 4 is 0 Å². The third-order valence-electron chi connectivity index (χ3n) is 5.16. The zero-order valence-corrected chi connectivity index (χ0v) is 14.0. The van der Waals surface area contributed by atoms with Gasteiger partial charge in [-0.05, 0) is 43.9 Å². The molecule has 0 amide bonds. The lowest BCUT2D eigenvalue weighted by molar-refractivity contribution is 0.0817. The summed E-state index contributed by atoms with van der Waals surface area (Å²) in [5, 5.41) is 3.66. The molecule has 0 aliphatic carbocycles. The highest BCUT2D eigenvalue weighted by Crippen LogP contribution is 2.27. The Kier molecular flexibility index (Phi) is 5.39. The van der Waals surface area contributed by atoms with E-state index in [4.69, 9.17) is 0 Å². The molecule has 2 nitrogen and oxygen atoms in total. The van der Waals surface area contributed by atoms with Gasteiger partial charge in [-0.2, -0.15) is 0 Å². The first-order valence-corrected chi connectivity index (χ1v) is 8.19. The topological polar surface area (TPSA) is 15.3 Å². The van der Waals surface area contributed by atoms with Crippen molar-refractivity contribution in [2.75, 3.05) is 13.1 Å². The van der Waals surface area contributed by atoms with E-state index in [1.807, 2.05) is 13.0 Å². The summed E-state index contributed by atoms with van der Waals surface area (Å²) < 4.78 is 13.8. The summed E-state index contributed by atoms with van der Waals surface area (Å²) in [5.74, 6) is 0.572. The second-order valence-corrected chi connectivity index (χ2v) is 6.63. The minimum absolute atomic E-state index is 0.0967. The van der Waals surface area contributed by atoms with Gasteiger partial charge in [0.25, 0.3) is 0 Å². The van der Waals surface area contributed by atoms with E-state index in [1.165, 1.54) is 6.42 Å². The van der Waals surface area contributed by atoms with E-state index in [0.717, 1.165) is 24.2 Å². The van der Waals surface area contributed by atoms with Crippen LogP contribution in [0.2, 0.25) is 0 Å². The SMILES string of the molecule is CCC(C)C1CN(C(C)c2ccc(C)c(F)c2)C(C)CN1. The number of piperazine rings is 1. The Balaban J connectivity index is 2.15. The fourth-order valence-corrected chi connectivity index (χ4v) is 3.18. The molecule has 2 rings (SSSR count). The lowest BCUT2D eigenvalue weighted by Crippen LogP contribution is -2.57. The average Bonchev–Trinajstić information content (AvgIpc) is 2.49. The first-order valence-electron chi connectivity index (χ1n) is 8.19. The van der Waals surface area contributed by atoms with Gasteiger partial charge >= 0.3 is 0 Å². The predicted molar refractivity (Wildman–Crippen MR) is 87.0 cm³/mol. The van der Waals surface area contributed by atoms with Crippen LogP contribution in [0.4, 0.5) is 4.39 Å². The van der Waals surface area contributed by atoms with Gasteiger partial charge in [0.1, 0.15) is 5.82 Å². The smallest absolute Gasteiger partial charge is 0.126 e. The molecular formula is C18H29FN2. The second-order valence-electron chi connectivity index (χ2n) is 6.63. The number of halogens is 1. The zero-order valence-electron chi connectivity index (χ0n) is 14.0. The van der Waals surface area contributed by atoms with Gasteiger partial charge in [0.05, 0.1) is 0 Å². The Bertz CT molecular complexity index is 474. The minimum atomic E-state index is -0.0967. The molecular weight excluding hydrogens is 263 g/mol. The largest absolute Gasteiger partial charge is 0.311 e. The Morgan fingerprint density at radius 2 is 2.10 bits per heavy atom. The first-order chi connectivity index (χ1) is 9.93. The van der Waals surface area contributed by atoms with Crippen LogP contribution in [0.5, 0.6) is 0 Å². The lowest BCUT2D eigenvalue weighted by atomic mass is 9.93. The van der Waals surface area contributed by atoms with Crippen LogP contribution in [-0.2, 0) is 0 Å². The molecule has 0 spiro atoms. The van der Waals surface area contributed by atoms with Crippen LogP contribution in [0.25, 0.3) is 0 Å². The molecule has 1 aromatic carbocycles. The number of rotatable bonds is 4. The van der Waals surface area contributed by atoms with Crippen molar-refractivity contribution in [3.63, 3.8) is 0 Å². The Hall–Kier alpha value is -0.930. The van der Waals surface area contributed by atoms with E-state index in [-0.39, 0.29) is 11.9 Å². The van der Waals surface area contributed by atoms with E-state index < -0.39 is 0 Å². The van der Waals surface area contributed by atoms with Crippen LogP contribution in [0.15, 0.2) is 18.2 Å². The maximum atomic E-state index is 13.8. The average molecular weight is 292 g/mol. The highest BCUT2D eigenvalue weighted by atomic mass is 19.1. The van der Waals surface area contributed by atoms with E-state index in [1.54, 1.807) is 6.07 Å². The third-order valence-corrected chi connectivity index (χ3v) is 5.16. The normalized spacial score (nSPS) is 26.6. The van der Waals surface area contributed by atoms with Crippen molar-refractivity contribution in [3.05, 3.63) is 35.1 Å². The molecule has 1 N–H and O–H groups in total. The van der Waals surface area contributed by atoms with Gasteiger partial charge in [-0.25, -0.2) is 4.39 Å². The van der Waals surface area contributed by atoms with Crippen molar-refractivity contribution in [2.24, 2.45) is 5.92 Å².